The Labute approximate surface area is 150 Å². The molecule has 0 unspecified atom stereocenters. The molecule has 146 valence electrons. The third kappa shape index (κ3) is 37.3. The lowest BCUT2D eigenvalue weighted by Gasteiger charge is -2.02. The molecule has 6 N–H and O–H groups in total. The van der Waals surface area contributed by atoms with Crippen molar-refractivity contribution in [3.8, 4) is 0 Å². The molecule has 0 aliphatic carbocycles. The largest absolute Gasteiger partial charge is 0.481 e. The Hall–Kier alpha value is -1.03. The third-order valence-electron chi connectivity index (χ3n) is 3.86. The number of allylic oxidation sites excluding steroid dienone is 1. The Bertz CT molecular complexity index is 252. The Morgan fingerprint density at radius 3 is 1.38 bits per heavy atom. The molecule has 0 spiro atoms. The quantitative estimate of drug-likeness (QED) is 0.292. The molecule has 24 heavy (non-hydrogen) atoms. The van der Waals surface area contributed by atoms with Gasteiger partial charge in [0.25, 0.3) is 5.97 Å². The Balaban J connectivity index is -0.000000787. The van der Waals surface area contributed by atoms with Crippen molar-refractivity contribution < 1.29 is 9.90 Å². The first-order chi connectivity index (χ1) is 11.1. The molecule has 0 aliphatic rings. The molecule has 0 radical (unpaired) electrons. The molecule has 0 saturated carbocycles. The summed E-state index contributed by atoms with van der Waals surface area (Å²) in [7, 11) is 0. The minimum Gasteiger partial charge on any atom is -0.481 e. The van der Waals surface area contributed by atoms with Gasteiger partial charge in [0.2, 0.25) is 0 Å². The zero-order valence-electron chi connectivity index (χ0n) is 16.4. The molecule has 0 heterocycles. The average molecular weight is 345 g/mol. The molecule has 0 aromatic rings. The maximum atomic E-state index is 9.00. The van der Waals surface area contributed by atoms with Crippen molar-refractivity contribution in [2.45, 2.75) is 110 Å². The van der Waals surface area contributed by atoms with Crippen molar-refractivity contribution in [2.75, 3.05) is 0 Å². The van der Waals surface area contributed by atoms with Crippen molar-refractivity contribution in [3.63, 3.8) is 0 Å². The number of rotatable bonds is 15. The van der Waals surface area contributed by atoms with E-state index in [1.54, 1.807) is 6.20 Å². The number of unbranched alkanes of at least 4 members (excludes halogenated alkanes) is 14. The third-order valence-corrected chi connectivity index (χ3v) is 3.86. The molecule has 0 atom stereocenters. The van der Waals surface area contributed by atoms with Gasteiger partial charge in [-0.25, -0.2) is 0 Å². The lowest BCUT2D eigenvalue weighted by Crippen LogP contribution is -1.83. The molecule has 0 rings (SSSR count). The van der Waals surface area contributed by atoms with Crippen LogP contribution in [0.4, 0.5) is 0 Å². The number of carbonyl (C=O) groups is 1. The first kappa shape index (κ1) is 27.8. The van der Waals surface area contributed by atoms with Gasteiger partial charge in [0.15, 0.2) is 0 Å². The van der Waals surface area contributed by atoms with Crippen molar-refractivity contribution in [2.24, 2.45) is 5.73 Å². The van der Waals surface area contributed by atoms with Crippen molar-refractivity contribution >= 4 is 5.97 Å². The summed E-state index contributed by atoms with van der Waals surface area (Å²) in [6.07, 6.45) is 24.9. The van der Waals surface area contributed by atoms with Gasteiger partial charge >= 0.3 is 0 Å². The maximum Gasteiger partial charge on any atom is 0.300 e. The number of nitrogens with two attached hydrogens (primary N) is 1. The highest BCUT2D eigenvalue weighted by Crippen LogP contribution is 2.13. The molecule has 0 saturated heterocycles. The fourth-order valence-corrected chi connectivity index (χ4v) is 2.55. The summed E-state index contributed by atoms with van der Waals surface area (Å²) in [4.78, 5) is 9.00. The summed E-state index contributed by atoms with van der Waals surface area (Å²) in [6.45, 7) is 3.37. The van der Waals surface area contributed by atoms with Crippen LogP contribution in [0.25, 0.3) is 0 Å². The van der Waals surface area contributed by atoms with E-state index in [1.165, 1.54) is 89.9 Å². The SMILES string of the molecule is CC(=O)O.CCCCCCCCCCCCCCCCC=CN.N. The van der Waals surface area contributed by atoms with Gasteiger partial charge in [-0.1, -0.05) is 96.5 Å². The molecule has 0 amide bonds. The first-order valence-corrected chi connectivity index (χ1v) is 9.71. The van der Waals surface area contributed by atoms with Gasteiger partial charge in [0.1, 0.15) is 0 Å². The zero-order chi connectivity index (χ0) is 17.6. The Morgan fingerprint density at radius 1 is 0.792 bits per heavy atom. The van der Waals surface area contributed by atoms with Crippen LogP contribution in [0, 0.1) is 0 Å². The van der Waals surface area contributed by atoms with Crippen LogP contribution in [0.3, 0.4) is 0 Å². The maximum absolute atomic E-state index is 9.00. The van der Waals surface area contributed by atoms with E-state index in [1.807, 2.05) is 0 Å². The van der Waals surface area contributed by atoms with Gasteiger partial charge < -0.3 is 17.0 Å². The topological polar surface area (TPSA) is 98.3 Å². The fraction of sp³-hybridized carbons (Fsp3) is 0.850. The highest BCUT2D eigenvalue weighted by atomic mass is 16.4. The number of hydrogen-bond acceptors (Lipinski definition) is 3. The minimum atomic E-state index is -0.833. The summed E-state index contributed by atoms with van der Waals surface area (Å²) >= 11 is 0. The molecule has 4 nitrogen and oxygen atoms in total. The number of carboxylic acids is 1. The summed E-state index contributed by atoms with van der Waals surface area (Å²) < 4.78 is 0. The van der Waals surface area contributed by atoms with Crippen LogP contribution in [0.5, 0.6) is 0 Å². The molecule has 4 heteroatoms. The van der Waals surface area contributed by atoms with E-state index in [4.69, 9.17) is 15.6 Å². The highest BCUT2D eigenvalue weighted by molar-refractivity contribution is 5.62. The second-order valence-electron chi connectivity index (χ2n) is 6.33. The summed E-state index contributed by atoms with van der Waals surface area (Å²) in [6, 6.07) is 0. The van der Waals surface area contributed by atoms with Crippen LogP contribution < -0.4 is 11.9 Å². The normalized spacial score (nSPS) is 10.1. The van der Waals surface area contributed by atoms with Crippen LogP contribution in [0.2, 0.25) is 0 Å². The second-order valence-corrected chi connectivity index (χ2v) is 6.33. The summed E-state index contributed by atoms with van der Waals surface area (Å²) in [5.41, 5.74) is 5.30. The van der Waals surface area contributed by atoms with Crippen LogP contribution >= 0.6 is 0 Å². The van der Waals surface area contributed by atoms with E-state index >= 15 is 0 Å². The van der Waals surface area contributed by atoms with Crippen molar-refractivity contribution in [1.82, 2.24) is 6.15 Å². The predicted molar refractivity (Wildman–Crippen MR) is 107 cm³/mol. The Morgan fingerprint density at radius 2 is 1.08 bits per heavy atom. The van der Waals surface area contributed by atoms with Gasteiger partial charge in [-0.2, -0.15) is 0 Å². The monoisotopic (exact) mass is 344 g/mol. The average Bonchev–Trinajstić information content (AvgIpc) is 2.50. The van der Waals surface area contributed by atoms with Gasteiger partial charge in [-0.15, -0.1) is 0 Å². The minimum absolute atomic E-state index is 0. The highest BCUT2D eigenvalue weighted by Gasteiger charge is 1.93. The molecule has 0 bridgehead atoms. The van der Waals surface area contributed by atoms with E-state index in [9.17, 15) is 0 Å². The van der Waals surface area contributed by atoms with Gasteiger partial charge in [0, 0.05) is 6.92 Å². The number of hydrogen-bond donors (Lipinski definition) is 3. The van der Waals surface area contributed by atoms with E-state index in [0.29, 0.717) is 0 Å². The van der Waals surface area contributed by atoms with Crippen LogP contribution in [-0.2, 0) is 4.79 Å². The zero-order valence-corrected chi connectivity index (χ0v) is 16.4. The summed E-state index contributed by atoms with van der Waals surface area (Å²) in [5, 5.41) is 7.42. The van der Waals surface area contributed by atoms with Crippen molar-refractivity contribution in [1.29, 1.82) is 0 Å². The predicted octanol–water partition coefficient (Wildman–Crippen LogP) is 6.58. The van der Waals surface area contributed by atoms with Crippen LogP contribution in [0.15, 0.2) is 12.3 Å². The molecule has 0 aromatic heterocycles. The van der Waals surface area contributed by atoms with Crippen LogP contribution in [0.1, 0.15) is 110 Å². The number of aliphatic carboxylic acids is 1. The smallest absolute Gasteiger partial charge is 0.300 e. The van der Waals surface area contributed by atoms with E-state index < -0.39 is 5.97 Å². The van der Waals surface area contributed by atoms with Gasteiger partial charge in [-0.05, 0) is 19.0 Å². The first-order valence-electron chi connectivity index (χ1n) is 9.71. The lowest BCUT2D eigenvalue weighted by atomic mass is 10.0. The lowest BCUT2D eigenvalue weighted by molar-refractivity contribution is -0.134. The van der Waals surface area contributed by atoms with Crippen LogP contribution in [-0.4, -0.2) is 11.1 Å². The van der Waals surface area contributed by atoms with Gasteiger partial charge in [-0.3, -0.25) is 4.79 Å². The summed E-state index contributed by atoms with van der Waals surface area (Å²) in [5.74, 6) is -0.833. The fourth-order valence-electron chi connectivity index (χ4n) is 2.55. The van der Waals surface area contributed by atoms with Crippen molar-refractivity contribution in [3.05, 3.63) is 12.3 Å². The second kappa shape index (κ2) is 26.8. The molecule has 0 fully saturated rings. The Kier molecular flexibility index (Phi) is 31.1. The van der Waals surface area contributed by atoms with E-state index in [2.05, 4.69) is 13.0 Å². The molecular formula is C20H44N2O2. The number of carboxylic acid groups (broad SMARTS) is 1. The standard InChI is InChI=1S/C18H37N.C2H4O2.H3N/c1-2-3-4-5-6-7-8-9-10-11-12-13-14-15-16-17-18-19;1-2(3)4;/h17-18H,2-16,19H2,1H3;1H3,(H,3,4);1H3. The molecule has 0 aromatic carbocycles. The molecular weight excluding hydrogens is 300 g/mol. The van der Waals surface area contributed by atoms with E-state index in [0.717, 1.165) is 13.3 Å². The van der Waals surface area contributed by atoms with E-state index in [-0.39, 0.29) is 6.15 Å². The molecule has 0 aliphatic heterocycles. The van der Waals surface area contributed by atoms with Gasteiger partial charge in [0.05, 0.1) is 0 Å².